The molecule has 114 valence electrons. The molecule has 0 unspecified atom stereocenters. The second kappa shape index (κ2) is 7.03. The van der Waals surface area contributed by atoms with Crippen LogP contribution < -0.4 is 10.2 Å². The Labute approximate surface area is 123 Å². The van der Waals surface area contributed by atoms with Crippen molar-refractivity contribution in [1.82, 2.24) is 10.2 Å². The predicted octanol–water partition coefficient (Wildman–Crippen LogP) is 0.853. The Bertz CT molecular complexity index is 513. The van der Waals surface area contributed by atoms with Gasteiger partial charge in [-0.1, -0.05) is 6.07 Å². The molecular formula is C14H20N4O3. The molecule has 0 bridgehead atoms. The Hall–Kier alpha value is -2.15. The van der Waals surface area contributed by atoms with Gasteiger partial charge in [-0.15, -0.1) is 0 Å². The highest BCUT2D eigenvalue weighted by molar-refractivity contribution is 5.76. The summed E-state index contributed by atoms with van der Waals surface area (Å²) in [6, 6.07) is 6.63. The number of carbonyl (C=O) groups is 1. The van der Waals surface area contributed by atoms with Gasteiger partial charge < -0.3 is 15.1 Å². The number of nitro benzene ring substituents is 1. The summed E-state index contributed by atoms with van der Waals surface area (Å²) in [5.74, 6) is 0.156. The van der Waals surface area contributed by atoms with Gasteiger partial charge in [-0.25, -0.2) is 0 Å². The third-order valence-electron chi connectivity index (χ3n) is 3.63. The molecular weight excluding hydrogens is 272 g/mol. The Kier molecular flexibility index (Phi) is 5.10. The van der Waals surface area contributed by atoms with Crippen LogP contribution in [0.25, 0.3) is 0 Å². The van der Waals surface area contributed by atoms with Crippen LogP contribution in [0.1, 0.15) is 6.42 Å². The van der Waals surface area contributed by atoms with Crippen molar-refractivity contribution in [3.05, 3.63) is 34.4 Å². The molecule has 0 aliphatic carbocycles. The number of non-ortho nitro benzene ring substituents is 1. The van der Waals surface area contributed by atoms with E-state index in [1.807, 2.05) is 18.0 Å². The van der Waals surface area contributed by atoms with Crippen molar-refractivity contribution in [3.8, 4) is 0 Å². The Balaban J connectivity index is 1.93. The molecule has 0 saturated carbocycles. The van der Waals surface area contributed by atoms with E-state index in [1.165, 1.54) is 6.07 Å². The standard InChI is InChI=1S/C14H20N4O3/c1-15-6-5-14(19)17-9-7-16(8-10-17)12-3-2-4-13(11-12)18(20)21/h2-4,11,15H,5-10H2,1H3. The summed E-state index contributed by atoms with van der Waals surface area (Å²) in [6.45, 7) is 3.40. The van der Waals surface area contributed by atoms with Crippen LogP contribution in [0.2, 0.25) is 0 Å². The van der Waals surface area contributed by atoms with Gasteiger partial charge in [-0.3, -0.25) is 14.9 Å². The van der Waals surface area contributed by atoms with Crippen LogP contribution >= 0.6 is 0 Å². The molecule has 0 aromatic heterocycles. The van der Waals surface area contributed by atoms with Crippen molar-refractivity contribution >= 4 is 17.3 Å². The van der Waals surface area contributed by atoms with Crippen molar-refractivity contribution in [2.24, 2.45) is 0 Å². The van der Waals surface area contributed by atoms with E-state index < -0.39 is 0 Å². The molecule has 1 heterocycles. The Morgan fingerprint density at radius 2 is 2.05 bits per heavy atom. The topological polar surface area (TPSA) is 78.7 Å². The Morgan fingerprint density at radius 1 is 1.33 bits per heavy atom. The van der Waals surface area contributed by atoms with Crippen molar-refractivity contribution in [3.63, 3.8) is 0 Å². The highest BCUT2D eigenvalue weighted by atomic mass is 16.6. The monoisotopic (exact) mass is 292 g/mol. The third-order valence-corrected chi connectivity index (χ3v) is 3.63. The first-order valence-electron chi connectivity index (χ1n) is 7.03. The molecule has 7 nitrogen and oxygen atoms in total. The van der Waals surface area contributed by atoms with Gasteiger partial charge in [0.25, 0.3) is 5.69 Å². The number of carbonyl (C=O) groups excluding carboxylic acids is 1. The zero-order chi connectivity index (χ0) is 15.2. The number of rotatable bonds is 5. The maximum Gasteiger partial charge on any atom is 0.271 e. The molecule has 7 heteroatoms. The van der Waals surface area contributed by atoms with Crippen LogP contribution in [0.5, 0.6) is 0 Å². The van der Waals surface area contributed by atoms with Crippen LogP contribution in [-0.2, 0) is 4.79 Å². The minimum atomic E-state index is -0.388. The molecule has 1 saturated heterocycles. The maximum atomic E-state index is 11.9. The van der Waals surface area contributed by atoms with Gasteiger partial charge in [0.1, 0.15) is 0 Å². The lowest BCUT2D eigenvalue weighted by atomic mass is 10.2. The van der Waals surface area contributed by atoms with Gasteiger partial charge in [0.05, 0.1) is 4.92 Å². The number of benzene rings is 1. The predicted molar refractivity (Wildman–Crippen MR) is 80.4 cm³/mol. The summed E-state index contributed by atoms with van der Waals surface area (Å²) in [4.78, 5) is 26.3. The highest BCUT2D eigenvalue weighted by Crippen LogP contribution is 2.22. The zero-order valence-electron chi connectivity index (χ0n) is 12.1. The minimum absolute atomic E-state index is 0.0972. The molecule has 0 spiro atoms. The number of nitrogens with one attached hydrogen (secondary N) is 1. The lowest BCUT2D eigenvalue weighted by Crippen LogP contribution is -2.49. The van der Waals surface area contributed by atoms with Crippen LogP contribution in [0.4, 0.5) is 11.4 Å². The number of hydrogen-bond donors (Lipinski definition) is 1. The molecule has 0 atom stereocenters. The average molecular weight is 292 g/mol. The van der Waals surface area contributed by atoms with E-state index in [-0.39, 0.29) is 16.5 Å². The number of anilines is 1. The first-order valence-corrected chi connectivity index (χ1v) is 7.03. The van der Waals surface area contributed by atoms with Crippen LogP contribution in [0.15, 0.2) is 24.3 Å². The summed E-state index contributed by atoms with van der Waals surface area (Å²) in [5, 5.41) is 13.8. The van der Waals surface area contributed by atoms with Gasteiger partial charge in [0.15, 0.2) is 0 Å². The number of hydrogen-bond acceptors (Lipinski definition) is 5. The van der Waals surface area contributed by atoms with E-state index in [1.54, 1.807) is 12.1 Å². The molecule has 1 aromatic carbocycles. The van der Waals surface area contributed by atoms with E-state index in [2.05, 4.69) is 10.2 Å². The molecule has 1 fully saturated rings. The maximum absolute atomic E-state index is 11.9. The number of nitrogens with zero attached hydrogens (tertiary/aromatic N) is 3. The zero-order valence-corrected chi connectivity index (χ0v) is 12.1. The summed E-state index contributed by atoms with van der Waals surface area (Å²) in [7, 11) is 1.83. The largest absolute Gasteiger partial charge is 0.368 e. The minimum Gasteiger partial charge on any atom is -0.368 e. The first-order chi connectivity index (χ1) is 10.1. The smallest absolute Gasteiger partial charge is 0.271 e. The van der Waals surface area contributed by atoms with Crippen molar-refractivity contribution in [2.75, 3.05) is 44.7 Å². The van der Waals surface area contributed by atoms with Crippen LogP contribution in [0.3, 0.4) is 0 Å². The van der Waals surface area contributed by atoms with E-state index in [0.29, 0.717) is 39.1 Å². The fourth-order valence-corrected chi connectivity index (χ4v) is 2.41. The molecule has 2 rings (SSSR count). The average Bonchev–Trinajstić information content (AvgIpc) is 2.53. The van der Waals surface area contributed by atoms with Crippen molar-refractivity contribution < 1.29 is 9.72 Å². The number of amides is 1. The lowest BCUT2D eigenvalue weighted by molar-refractivity contribution is -0.384. The van der Waals surface area contributed by atoms with E-state index in [0.717, 1.165) is 5.69 Å². The van der Waals surface area contributed by atoms with Gasteiger partial charge >= 0.3 is 0 Å². The molecule has 1 aliphatic heterocycles. The number of nitro groups is 1. The summed E-state index contributed by atoms with van der Waals surface area (Å²) < 4.78 is 0. The summed E-state index contributed by atoms with van der Waals surface area (Å²) in [6.07, 6.45) is 0.507. The fourth-order valence-electron chi connectivity index (χ4n) is 2.41. The molecule has 1 aromatic rings. The number of piperazine rings is 1. The Morgan fingerprint density at radius 3 is 2.67 bits per heavy atom. The van der Waals surface area contributed by atoms with E-state index >= 15 is 0 Å². The van der Waals surface area contributed by atoms with Gasteiger partial charge in [-0.2, -0.15) is 0 Å². The normalized spacial score (nSPS) is 15.1. The molecule has 0 radical (unpaired) electrons. The summed E-state index contributed by atoms with van der Waals surface area (Å²) in [5.41, 5.74) is 0.937. The molecule has 21 heavy (non-hydrogen) atoms. The lowest BCUT2D eigenvalue weighted by Gasteiger charge is -2.36. The molecule has 1 aliphatic rings. The van der Waals surface area contributed by atoms with Gasteiger partial charge in [-0.05, 0) is 13.1 Å². The van der Waals surface area contributed by atoms with Gasteiger partial charge in [0, 0.05) is 57.0 Å². The SMILES string of the molecule is CNCCC(=O)N1CCN(c2cccc([N+](=O)[O-])c2)CC1. The fraction of sp³-hybridized carbons (Fsp3) is 0.500. The van der Waals surface area contributed by atoms with Crippen molar-refractivity contribution in [1.29, 1.82) is 0 Å². The molecule has 1 N–H and O–H groups in total. The van der Waals surface area contributed by atoms with Gasteiger partial charge in [0.2, 0.25) is 5.91 Å². The second-order valence-corrected chi connectivity index (χ2v) is 5.00. The quantitative estimate of drug-likeness (QED) is 0.643. The van der Waals surface area contributed by atoms with E-state index in [9.17, 15) is 14.9 Å². The van der Waals surface area contributed by atoms with Crippen molar-refractivity contribution in [2.45, 2.75) is 6.42 Å². The second-order valence-electron chi connectivity index (χ2n) is 5.00. The highest BCUT2D eigenvalue weighted by Gasteiger charge is 2.21. The third kappa shape index (κ3) is 3.91. The first kappa shape index (κ1) is 15.2. The molecule has 1 amide bonds. The van der Waals surface area contributed by atoms with E-state index in [4.69, 9.17) is 0 Å². The van der Waals surface area contributed by atoms with Crippen LogP contribution in [0, 0.1) is 10.1 Å². The summed E-state index contributed by atoms with van der Waals surface area (Å²) >= 11 is 0. The van der Waals surface area contributed by atoms with Crippen LogP contribution in [-0.4, -0.2) is 55.5 Å².